The third kappa shape index (κ3) is 3.29. The molecule has 0 bridgehead atoms. The number of carbonyl (C=O) groups is 1. The van der Waals surface area contributed by atoms with Crippen molar-refractivity contribution in [3.63, 3.8) is 0 Å². The third-order valence-electron chi connectivity index (χ3n) is 5.74. The van der Waals surface area contributed by atoms with Crippen LogP contribution in [0.3, 0.4) is 0 Å². The summed E-state index contributed by atoms with van der Waals surface area (Å²) in [4.78, 5) is 31.4. The zero-order valence-corrected chi connectivity index (χ0v) is 18.6. The molecule has 12 heteroatoms. The Bertz CT molecular complexity index is 1490. The smallest absolute Gasteiger partial charge is 0.292 e. The molecule has 34 heavy (non-hydrogen) atoms. The number of carbonyl (C=O) groups excluding carboxylic acids is 1. The third-order valence-corrected chi connectivity index (χ3v) is 6.83. The zero-order chi connectivity index (χ0) is 23.4. The van der Waals surface area contributed by atoms with Gasteiger partial charge in [-0.15, -0.1) is 11.3 Å². The minimum Gasteiger partial charge on any atom is -0.430 e. The average Bonchev–Trinajstić information content (AvgIpc) is 3.62. The van der Waals surface area contributed by atoms with Gasteiger partial charge >= 0.3 is 0 Å². The van der Waals surface area contributed by atoms with Gasteiger partial charge in [0.15, 0.2) is 5.69 Å². The molecule has 0 aliphatic carbocycles. The van der Waals surface area contributed by atoms with E-state index in [1.165, 1.54) is 27.1 Å². The van der Waals surface area contributed by atoms with Crippen LogP contribution in [0.25, 0.3) is 21.7 Å². The first-order chi connectivity index (χ1) is 16.5. The molecule has 9 nitrogen and oxygen atoms in total. The molecule has 1 aliphatic rings. The predicted molar refractivity (Wildman–Crippen MR) is 118 cm³/mol. The number of imidazole rings is 1. The number of benzene rings is 1. The molecule has 1 amide bonds. The van der Waals surface area contributed by atoms with Crippen molar-refractivity contribution in [2.45, 2.75) is 18.9 Å². The molecule has 5 aromatic rings. The Morgan fingerprint density at radius 2 is 2.15 bits per heavy atom. The molecule has 4 aromatic heterocycles. The highest BCUT2D eigenvalue weighted by Gasteiger charge is 2.40. The summed E-state index contributed by atoms with van der Waals surface area (Å²) < 4.78 is 35.9. The molecule has 1 N–H and O–H groups in total. The lowest BCUT2D eigenvalue weighted by atomic mass is 10.0. The largest absolute Gasteiger partial charge is 0.430 e. The summed E-state index contributed by atoms with van der Waals surface area (Å²) in [6.45, 7) is 0.278. The molecule has 0 spiro atoms. The van der Waals surface area contributed by atoms with Crippen LogP contribution in [0, 0.1) is 0 Å². The van der Waals surface area contributed by atoms with E-state index in [2.05, 4.69) is 20.1 Å². The van der Waals surface area contributed by atoms with Gasteiger partial charge in [0.1, 0.15) is 11.0 Å². The van der Waals surface area contributed by atoms with E-state index in [0.717, 1.165) is 15.9 Å². The molecule has 6 rings (SSSR count). The van der Waals surface area contributed by atoms with Gasteiger partial charge in [-0.05, 0) is 12.1 Å². The van der Waals surface area contributed by atoms with E-state index in [1.807, 2.05) is 24.3 Å². The normalized spacial score (nSPS) is 15.9. The first kappa shape index (κ1) is 20.7. The van der Waals surface area contributed by atoms with Gasteiger partial charge < -0.3 is 14.3 Å². The van der Waals surface area contributed by atoms with Crippen LogP contribution in [-0.2, 0) is 13.5 Å². The summed E-state index contributed by atoms with van der Waals surface area (Å²) >= 11 is 1.44. The predicted octanol–water partition coefficient (Wildman–Crippen LogP) is 4.13. The Morgan fingerprint density at radius 3 is 2.91 bits per heavy atom. The molecule has 1 atom stereocenters. The van der Waals surface area contributed by atoms with Crippen molar-refractivity contribution in [1.82, 2.24) is 34.6 Å². The topological polar surface area (TPSA) is 106 Å². The average molecular weight is 481 g/mol. The Kier molecular flexibility index (Phi) is 4.76. The lowest BCUT2D eigenvalue weighted by Gasteiger charge is -2.33. The molecule has 0 radical (unpaired) electrons. The van der Waals surface area contributed by atoms with Crippen molar-refractivity contribution in [2.24, 2.45) is 7.05 Å². The molecular weight excluding hydrogens is 464 g/mol. The molecule has 0 saturated carbocycles. The molecule has 172 valence electrons. The van der Waals surface area contributed by atoms with Crippen molar-refractivity contribution < 1.29 is 18.0 Å². The number of aromatic nitrogens is 6. The number of thiazole rings is 1. The summed E-state index contributed by atoms with van der Waals surface area (Å²) in [6, 6.07) is 7.00. The van der Waals surface area contributed by atoms with Crippen molar-refractivity contribution >= 4 is 27.5 Å². The number of aryl methyl sites for hydroxylation is 1. The fraction of sp³-hybridized carbons (Fsp3) is 0.227. The number of para-hydroxylation sites is 1. The Morgan fingerprint density at radius 1 is 1.29 bits per heavy atom. The maximum Gasteiger partial charge on any atom is 0.292 e. The summed E-state index contributed by atoms with van der Waals surface area (Å²) in [5.74, 6) is -1.25. The minimum atomic E-state index is -2.99. The van der Waals surface area contributed by atoms with Gasteiger partial charge in [-0.2, -0.15) is 5.10 Å². The van der Waals surface area contributed by atoms with E-state index in [4.69, 9.17) is 9.40 Å². The van der Waals surface area contributed by atoms with E-state index in [0.29, 0.717) is 22.7 Å². The Hall–Kier alpha value is -3.93. The Labute approximate surface area is 195 Å². The van der Waals surface area contributed by atoms with Crippen LogP contribution in [-0.4, -0.2) is 47.1 Å². The van der Waals surface area contributed by atoms with Gasteiger partial charge in [0, 0.05) is 31.9 Å². The van der Waals surface area contributed by atoms with Crippen molar-refractivity contribution in [3.05, 3.63) is 70.8 Å². The fourth-order valence-corrected chi connectivity index (χ4v) is 5.26. The summed E-state index contributed by atoms with van der Waals surface area (Å²) in [6.07, 6.45) is 2.10. The second-order valence-electron chi connectivity index (χ2n) is 7.87. The van der Waals surface area contributed by atoms with Crippen LogP contribution >= 0.6 is 11.3 Å². The van der Waals surface area contributed by atoms with Crippen LogP contribution in [0.15, 0.2) is 47.4 Å². The van der Waals surface area contributed by atoms with Gasteiger partial charge in [0.05, 0.1) is 34.0 Å². The second kappa shape index (κ2) is 7.83. The number of alkyl halides is 2. The maximum absolute atomic E-state index is 13.9. The number of amides is 1. The highest BCUT2D eigenvalue weighted by Crippen LogP contribution is 2.39. The molecule has 5 heterocycles. The number of nitrogens with zero attached hydrogens (tertiary/aromatic N) is 6. The van der Waals surface area contributed by atoms with Gasteiger partial charge in [0.2, 0.25) is 11.7 Å². The zero-order valence-electron chi connectivity index (χ0n) is 17.8. The standard InChI is InChI=1S/C22H17F2N7O2S/c1-30-9-11(8-27-30)20-29-16(19(23)24)18(33-20)22(32)31-7-6-13-15(26-10-25-13)17(31)21-28-12-4-2-3-5-14(12)34-21/h2-5,8-10,17,19H,6-7H2,1H3,(H,25,26)/t17-/m0/s1. The number of nitrogens with one attached hydrogen (secondary N) is 1. The van der Waals surface area contributed by atoms with E-state index < -0.39 is 29.8 Å². The quantitative estimate of drug-likeness (QED) is 0.414. The summed E-state index contributed by atoms with van der Waals surface area (Å²) in [7, 11) is 1.68. The molecule has 0 saturated heterocycles. The number of hydrogen-bond acceptors (Lipinski definition) is 7. The summed E-state index contributed by atoms with van der Waals surface area (Å²) in [5, 5.41) is 4.66. The molecule has 1 aliphatic heterocycles. The highest BCUT2D eigenvalue weighted by atomic mass is 32.1. The second-order valence-corrected chi connectivity index (χ2v) is 8.94. The monoisotopic (exact) mass is 481 g/mol. The highest BCUT2D eigenvalue weighted by molar-refractivity contribution is 7.18. The SMILES string of the molecule is Cn1cc(-c2nc(C(F)F)c(C(=O)N3CCc4[nH]cnc4[C@H]3c3nc4ccccc4s3)o2)cn1. The number of rotatable bonds is 4. The number of hydrogen-bond donors (Lipinski definition) is 1. The number of oxazole rings is 1. The first-order valence-electron chi connectivity index (χ1n) is 10.5. The number of aromatic amines is 1. The van der Waals surface area contributed by atoms with Crippen molar-refractivity contribution in [3.8, 4) is 11.5 Å². The number of halogens is 2. The fourth-order valence-electron chi connectivity index (χ4n) is 4.17. The van der Waals surface area contributed by atoms with E-state index in [1.54, 1.807) is 19.6 Å². The van der Waals surface area contributed by atoms with Gasteiger partial charge in [-0.3, -0.25) is 9.48 Å². The summed E-state index contributed by atoms with van der Waals surface area (Å²) in [5.41, 5.74) is 2.03. The van der Waals surface area contributed by atoms with Crippen molar-refractivity contribution in [1.29, 1.82) is 0 Å². The van der Waals surface area contributed by atoms with Gasteiger partial charge in [-0.25, -0.2) is 23.7 Å². The maximum atomic E-state index is 13.9. The van der Waals surface area contributed by atoms with Crippen LogP contribution in [0.5, 0.6) is 0 Å². The van der Waals surface area contributed by atoms with Crippen molar-refractivity contribution in [2.75, 3.05) is 6.54 Å². The van der Waals surface area contributed by atoms with Crippen LogP contribution in [0.2, 0.25) is 0 Å². The van der Waals surface area contributed by atoms with E-state index in [-0.39, 0.29) is 12.4 Å². The lowest BCUT2D eigenvalue weighted by molar-refractivity contribution is 0.0643. The van der Waals surface area contributed by atoms with E-state index in [9.17, 15) is 13.6 Å². The van der Waals surface area contributed by atoms with Gasteiger partial charge in [0.25, 0.3) is 12.3 Å². The van der Waals surface area contributed by atoms with Gasteiger partial charge in [-0.1, -0.05) is 12.1 Å². The van der Waals surface area contributed by atoms with E-state index >= 15 is 0 Å². The first-order valence-corrected chi connectivity index (χ1v) is 11.3. The molecule has 1 aromatic carbocycles. The minimum absolute atomic E-state index is 0.0826. The number of fused-ring (bicyclic) bond motifs is 2. The Balaban J connectivity index is 1.45. The van der Waals surface area contributed by atoms with Crippen LogP contribution < -0.4 is 0 Å². The lowest BCUT2D eigenvalue weighted by Crippen LogP contribution is -2.41. The molecule has 0 fully saturated rings. The molecule has 0 unspecified atom stereocenters. The molecular formula is C22H17F2N7O2S. The van der Waals surface area contributed by atoms with Crippen LogP contribution in [0.4, 0.5) is 8.78 Å². The number of H-pyrrole nitrogens is 1. The van der Waals surface area contributed by atoms with Crippen LogP contribution in [0.1, 0.15) is 45.1 Å².